The first-order valence-electron chi connectivity index (χ1n) is 10.6. The Morgan fingerprint density at radius 3 is 2.22 bits per heavy atom. The van der Waals surface area contributed by atoms with Gasteiger partial charge in [-0.15, -0.1) is 0 Å². The van der Waals surface area contributed by atoms with E-state index in [1.54, 1.807) is 6.92 Å². The molecule has 0 fully saturated rings. The van der Waals surface area contributed by atoms with Crippen molar-refractivity contribution >= 4 is 17.0 Å². The predicted octanol–water partition coefficient (Wildman–Crippen LogP) is 4.84. The summed E-state index contributed by atoms with van der Waals surface area (Å²) in [4.78, 5) is 20.4. The minimum atomic E-state index is -5.00. The van der Waals surface area contributed by atoms with E-state index in [1.165, 1.54) is 42.0 Å². The molecule has 1 atom stereocenters. The fourth-order valence-corrected chi connectivity index (χ4v) is 3.57. The summed E-state index contributed by atoms with van der Waals surface area (Å²) in [5, 5.41) is 8.15. The number of aromatic nitrogens is 6. The third kappa shape index (κ3) is 5.06. The zero-order valence-corrected chi connectivity index (χ0v) is 19.4. The van der Waals surface area contributed by atoms with Gasteiger partial charge in [0.2, 0.25) is 5.88 Å². The molecule has 0 aliphatic heterocycles. The number of rotatable bonds is 6. The zero-order valence-electron chi connectivity index (χ0n) is 19.4. The smallest absolute Gasteiger partial charge is 0.416 e. The minimum Gasteiger partial charge on any atom is -0.479 e. The maximum atomic E-state index is 13.3. The van der Waals surface area contributed by atoms with Gasteiger partial charge < -0.3 is 9.47 Å². The number of hydrogen-bond acceptors (Lipinski definition) is 7. The normalized spacial score (nSPS) is 13.1. The number of methoxy groups -OCH3 is 1. The summed E-state index contributed by atoms with van der Waals surface area (Å²) in [7, 11) is 1.27. The molecule has 196 valence electrons. The van der Waals surface area contributed by atoms with Gasteiger partial charge in [0.1, 0.15) is 11.0 Å². The molecule has 0 saturated heterocycles. The van der Waals surface area contributed by atoms with Crippen molar-refractivity contribution in [3.63, 3.8) is 0 Å². The standard InChI is InChI=1S/C22H18F6N6O3/c1-4-37-19(35)13-8-29-33(10-13)20-31-16-9-30-34(17(16)18(32-20)36-3)11(2)12-5-14(21(23,24)25)7-15(6-12)22(26,27)28/h5-11H,4H2,1-3H3/t11-/m0/s1. The third-order valence-electron chi connectivity index (χ3n) is 5.35. The highest BCUT2D eigenvalue weighted by atomic mass is 19.4. The van der Waals surface area contributed by atoms with Crippen LogP contribution in [-0.4, -0.2) is 49.2 Å². The molecule has 0 radical (unpaired) electrons. The van der Waals surface area contributed by atoms with Gasteiger partial charge in [0.15, 0.2) is 0 Å². The molecule has 0 spiro atoms. The van der Waals surface area contributed by atoms with Crippen molar-refractivity contribution in [3.05, 3.63) is 59.0 Å². The Labute approximate surface area is 204 Å². The monoisotopic (exact) mass is 528 g/mol. The fourth-order valence-electron chi connectivity index (χ4n) is 3.57. The molecule has 0 N–H and O–H groups in total. The van der Waals surface area contributed by atoms with Gasteiger partial charge in [-0.25, -0.2) is 14.5 Å². The fraction of sp³-hybridized carbons (Fsp3) is 0.318. The van der Waals surface area contributed by atoms with E-state index < -0.39 is 35.5 Å². The Bertz CT molecular complexity index is 1430. The Kier molecular flexibility index (Phi) is 6.56. The number of nitrogens with zero attached hydrogens (tertiary/aromatic N) is 6. The van der Waals surface area contributed by atoms with Crippen LogP contribution in [0.25, 0.3) is 17.0 Å². The van der Waals surface area contributed by atoms with E-state index in [0.717, 1.165) is 0 Å². The largest absolute Gasteiger partial charge is 0.479 e. The van der Waals surface area contributed by atoms with Gasteiger partial charge in [0.05, 0.1) is 48.8 Å². The molecule has 4 rings (SSSR count). The molecule has 3 aromatic heterocycles. The molecular formula is C22H18F6N6O3. The van der Waals surface area contributed by atoms with E-state index in [1.807, 2.05) is 0 Å². The van der Waals surface area contributed by atoms with Crippen LogP contribution in [0, 0.1) is 0 Å². The van der Waals surface area contributed by atoms with Crippen LogP contribution < -0.4 is 4.74 Å². The number of esters is 1. The van der Waals surface area contributed by atoms with Gasteiger partial charge in [-0.1, -0.05) is 0 Å². The quantitative estimate of drug-likeness (QED) is 0.261. The molecule has 9 nitrogen and oxygen atoms in total. The molecule has 0 saturated carbocycles. The molecule has 3 heterocycles. The van der Waals surface area contributed by atoms with Crippen LogP contribution in [0.1, 0.15) is 46.9 Å². The second-order valence-electron chi connectivity index (χ2n) is 7.77. The molecule has 1 aromatic carbocycles. The van der Waals surface area contributed by atoms with Crippen molar-refractivity contribution in [2.75, 3.05) is 13.7 Å². The maximum absolute atomic E-state index is 13.3. The Morgan fingerprint density at radius 1 is 1.00 bits per heavy atom. The van der Waals surface area contributed by atoms with Crippen LogP contribution in [0.4, 0.5) is 26.3 Å². The van der Waals surface area contributed by atoms with Crippen molar-refractivity contribution in [1.82, 2.24) is 29.5 Å². The number of benzene rings is 1. The molecule has 0 unspecified atom stereocenters. The highest BCUT2D eigenvalue weighted by Gasteiger charge is 2.37. The van der Waals surface area contributed by atoms with E-state index in [2.05, 4.69) is 20.2 Å². The van der Waals surface area contributed by atoms with Gasteiger partial charge in [-0.3, -0.25) is 4.68 Å². The average Bonchev–Trinajstić information content (AvgIpc) is 3.49. The summed E-state index contributed by atoms with van der Waals surface area (Å²) in [6.07, 6.45) is -6.16. The number of alkyl halides is 6. The van der Waals surface area contributed by atoms with E-state index in [9.17, 15) is 31.1 Å². The lowest BCUT2D eigenvalue weighted by molar-refractivity contribution is -0.143. The molecular weight excluding hydrogens is 510 g/mol. The number of halogens is 6. The highest BCUT2D eigenvalue weighted by Crippen LogP contribution is 2.38. The number of carbonyl (C=O) groups excluding carboxylic acids is 1. The zero-order chi connectivity index (χ0) is 27.1. The minimum absolute atomic E-state index is 0.0227. The summed E-state index contributed by atoms with van der Waals surface area (Å²) in [6.45, 7) is 3.19. The summed E-state index contributed by atoms with van der Waals surface area (Å²) < 4.78 is 92.7. The van der Waals surface area contributed by atoms with E-state index in [0.29, 0.717) is 12.1 Å². The average molecular weight is 528 g/mol. The topological polar surface area (TPSA) is 97.0 Å². The predicted molar refractivity (Wildman–Crippen MR) is 115 cm³/mol. The molecule has 37 heavy (non-hydrogen) atoms. The first-order chi connectivity index (χ1) is 17.3. The lowest BCUT2D eigenvalue weighted by atomic mass is 10.0. The molecule has 4 aromatic rings. The van der Waals surface area contributed by atoms with Crippen LogP contribution in [0.2, 0.25) is 0 Å². The van der Waals surface area contributed by atoms with Gasteiger partial charge in [0, 0.05) is 6.20 Å². The SMILES string of the molecule is CCOC(=O)c1cnn(-c2nc(OC)c3c(cnn3[C@@H](C)c3cc(C(F)(F)F)cc(C(F)(F)F)c3)n2)c1. The second kappa shape index (κ2) is 9.37. The summed E-state index contributed by atoms with van der Waals surface area (Å²) in [5.74, 6) is -0.700. The van der Waals surface area contributed by atoms with Gasteiger partial charge in [-0.05, 0) is 37.6 Å². The lowest BCUT2D eigenvalue weighted by Crippen LogP contribution is -2.15. The van der Waals surface area contributed by atoms with E-state index >= 15 is 0 Å². The Hall–Kier alpha value is -4.17. The summed E-state index contributed by atoms with van der Waals surface area (Å²) >= 11 is 0. The van der Waals surface area contributed by atoms with Gasteiger partial charge in [-0.2, -0.15) is 41.5 Å². The Morgan fingerprint density at radius 2 is 1.65 bits per heavy atom. The van der Waals surface area contributed by atoms with Crippen molar-refractivity contribution in [2.45, 2.75) is 32.2 Å². The lowest BCUT2D eigenvalue weighted by Gasteiger charge is -2.19. The van der Waals surface area contributed by atoms with Crippen LogP contribution in [0.3, 0.4) is 0 Å². The van der Waals surface area contributed by atoms with Gasteiger partial charge in [0.25, 0.3) is 5.95 Å². The van der Waals surface area contributed by atoms with E-state index in [4.69, 9.17) is 9.47 Å². The van der Waals surface area contributed by atoms with Crippen molar-refractivity contribution in [2.24, 2.45) is 0 Å². The summed E-state index contributed by atoms with van der Waals surface area (Å²) in [5.41, 5.74) is -2.74. The summed E-state index contributed by atoms with van der Waals surface area (Å²) in [6, 6.07) is 0.234. The number of ether oxygens (including phenoxy) is 2. The number of carbonyl (C=O) groups is 1. The molecule has 0 amide bonds. The van der Waals surface area contributed by atoms with Gasteiger partial charge >= 0.3 is 18.3 Å². The van der Waals surface area contributed by atoms with E-state index in [-0.39, 0.29) is 46.7 Å². The first-order valence-corrected chi connectivity index (χ1v) is 10.6. The van der Waals surface area contributed by atoms with Crippen LogP contribution in [-0.2, 0) is 17.1 Å². The Balaban J connectivity index is 1.79. The molecule has 0 aliphatic rings. The molecule has 0 aliphatic carbocycles. The van der Waals surface area contributed by atoms with Crippen LogP contribution in [0.15, 0.2) is 36.8 Å². The number of fused-ring (bicyclic) bond motifs is 1. The highest BCUT2D eigenvalue weighted by molar-refractivity contribution is 5.88. The molecule has 0 bridgehead atoms. The second-order valence-corrected chi connectivity index (χ2v) is 7.77. The van der Waals surface area contributed by atoms with Crippen LogP contribution in [0.5, 0.6) is 5.88 Å². The first kappa shape index (κ1) is 25.9. The van der Waals surface area contributed by atoms with Crippen LogP contribution >= 0.6 is 0 Å². The maximum Gasteiger partial charge on any atom is 0.416 e. The van der Waals surface area contributed by atoms with Crippen molar-refractivity contribution in [3.8, 4) is 11.8 Å². The third-order valence-corrected chi connectivity index (χ3v) is 5.35. The molecule has 15 heteroatoms. The van der Waals surface area contributed by atoms with Crippen molar-refractivity contribution in [1.29, 1.82) is 0 Å². The number of hydrogen-bond donors (Lipinski definition) is 0. The van der Waals surface area contributed by atoms with Crippen molar-refractivity contribution < 1.29 is 40.6 Å².